The second-order valence-corrected chi connectivity index (χ2v) is 8.76. The Labute approximate surface area is 231 Å². The van der Waals surface area contributed by atoms with Gasteiger partial charge < -0.3 is 14.8 Å². The standard InChI is InChI=1S/C28H30ClN5O5/c1-4-5-16-39-28(37)33-26(34(30)24-9-7-6-8-23(24)31-2)27(36)32-22-15-14-20(38-3)17-21(22)25(35)18-10-12-19(29)13-11-18/h6-15,17,26H,2,4-5,16,30H2,1,3H3,(H,32,36)(H,33,37). The lowest BCUT2D eigenvalue weighted by atomic mass is 10.0. The molecule has 0 aliphatic carbocycles. The first-order chi connectivity index (χ1) is 18.8. The number of nitrogens with zero attached hydrogens (tertiary/aromatic N) is 2. The normalized spacial score (nSPS) is 11.2. The number of para-hydroxylation sites is 2. The molecule has 0 aliphatic heterocycles. The second kappa shape index (κ2) is 13.9. The number of ketones is 1. The molecular weight excluding hydrogens is 522 g/mol. The van der Waals surface area contributed by atoms with Gasteiger partial charge in [-0.05, 0) is 67.7 Å². The first-order valence-corrected chi connectivity index (χ1v) is 12.5. The van der Waals surface area contributed by atoms with Crippen molar-refractivity contribution in [3.05, 3.63) is 82.9 Å². The van der Waals surface area contributed by atoms with Gasteiger partial charge in [0.1, 0.15) is 5.75 Å². The van der Waals surface area contributed by atoms with Crippen molar-refractivity contribution in [1.29, 1.82) is 0 Å². The van der Waals surface area contributed by atoms with Crippen LogP contribution in [0.3, 0.4) is 0 Å². The molecule has 1 atom stereocenters. The summed E-state index contributed by atoms with van der Waals surface area (Å²) in [6.45, 7) is 5.66. The smallest absolute Gasteiger partial charge is 0.409 e. The molecule has 0 saturated carbocycles. The zero-order valence-corrected chi connectivity index (χ0v) is 22.4. The fourth-order valence-corrected chi connectivity index (χ4v) is 3.71. The van der Waals surface area contributed by atoms with Gasteiger partial charge in [-0.1, -0.05) is 37.1 Å². The number of methoxy groups -OCH3 is 1. The summed E-state index contributed by atoms with van der Waals surface area (Å²) < 4.78 is 10.5. The largest absolute Gasteiger partial charge is 0.497 e. The molecule has 11 heteroatoms. The van der Waals surface area contributed by atoms with E-state index in [1.165, 1.54) is 19.2 Å². The third kappa shape index (κ3) is 7.56. The van der Waals surface area contributed by atoms with Crippen molar-refractivity contribution in [2.45, 2.75) is 25.9 Å². The Hall–Kier alpha value is -4.41. The summed E-state index contributed by atoms with van der Waals surface area (Å²) in [4.78, 5) is 43.4. The molecular formula is C28H30ClN5O5. The molecule has 10 nitrogen and oxygen atoms in total. The maximum absolute atomic E-state index is 13.6. The maximum Gasteiger partial charge on any atom is 0.409 e. The van der Waals surface area contributed by atoms with Crippen molar-refractivity contribution in [3.63, 3.8) is 0 Å². The molecule has 0 saturated heterocycles. The molecule has 4 N–H and O–H groups in total. The number of anilines is 2. The van der Waals surface area contributed by atoms with Crippen LogP contribution in [-0.2, 0) is 9.53 Å². The van der Waals surface area contributed by atoms with Crippen LogP contribution in [0.2, 0.25) is 5.02 Å². The number of hydrogen-bond donors (Lipinski definition) is 3. The number of unbranched alkanes of at least 4 members (excludes halogenated alkanes) is 1. The Balaban J connectivity index is 1.96. The Morgan fingerprint density at radius 2 is 1.82 bits per heavy atom. The number of aliphatic imine (C=N–C) groups is 1. The molecule has 0 radical (unpaired) electrons. The summed E-state index contributed by atoms with van der Waals surface area (Å²) >= 11 is 5.97. The predicted molar refractivity (Wildman–Crippen MR) is 152 cm³/mol. The Morgan fingerprint density at radius 1 is 1.10 bits per heavy atom. The lowest BCUT2D eigenvalue weighted by molar-refractivity contribution is -0.118. The van der Waals surface area contributed by atoms with E-state index in [1.807, 2.05) is 6.92 Å². The molecule has 0 bridgehead atoms. The van der Waals surface area contributed by atoms with E-state index in [4.69, 9.17) is 26.9 Å². The zero-order chi connectivity index (χ0) is 28.4. The highest BCUT2D eigenvalue weighted by Crippen LogP contribution is 2.29. The van der Waals surface area contributed by atoms with Crippen LogP contribution in [0, 0.1) is 0 Å². The number of ether oxygens (including phenoxy) is 2. The Morgan fingerprint density at radius 3 is 2.49 bits per heavy atom. The zero-order valence-electron chi connectivity index (χ0n) is 21.6. The predicted octanol–water partition coefficient (Wildman–Crippen LogP) is 5.08. The average molecular weight is 552 g/mol. The fourth-order valence-electron chi connectivity index (χ4n) is 3.58. The molecule has 0 aromatic heterocycles. The number of benzene rings is 3. The molecule has 1 unspecified atom stereocenters. The monoisotopic (exact) mass is 551 g/mol. The van der Waals surface area contributed by atoms with Crippen molar-refractivity contribution >= 4 is 53.2 Å². The van der Waals surface area contributed by atoms with Crippen LogP contribution in [0.4, 0.5) is 21.9 Å². The van der Waals surface area contributed by atoms with Gasteiger partial charge >= 0.3 is 6.09 Å². The quantitative estimate of drug-likeness (QED) is 0.0713. The van der Waals surface area contributed by atoms with Gasteiger partial charge in [0.15, 0.2) is 11.9 Å². The van der Waals surface area contributed by atoms with Crippen LogP contribution >= 0.6 is 11.6 Å². The summed E-state index contributed by atoms with van der Waals surface area (Å²) in [6.07, 6.45) is -0.805. The molecule has 39 heavy (non-hydrogen) atoms. The van der Waals surface area contributed by atoms with Gasteiger partial charge in [-0.15, -0.1) is 0 Å². The van der Waals surface area contributed by atoms with E-state index < -0.39 is 18.2 Å². The molecule has 204 valence electrons. The molecule has 3 rings (SSSR count). The van der Waals surface area contributed by atoms with Crippen molar-refractivity contribution in [2.75, 3.05) is 24.0 Å². The van der Waals surface area contributed by atoms with Gasteiger partial charge in [0.25, 0.3) is 5.91 Å². The second-order valence-electron chi connectivity index (χ2n) is 8.33. The lowest BCUT2D eigenvalue weighted by Crippen LogP contribution is -2.58. The average Bonchev–Trinajstić information content (AvgIpc) is 2.95. The summed E-state index contributed by atoms with van der Waals surface area (Å²) in [6, 6.07) is 17.7. The number of nitrogens with two attached hydrogens (primary N) is 1. The van der Waals surface area contributed by atoms with Crippen molar-refractivity contribution in [1.82, 2.24) is 5.32 Å². The highest BCUT2D eigenvalue weighted by molar-refractivity contribution is 6.30. The highest BCUT2D eigenvalue weighted by Gasteiger charge is 2.29. The van der Waals surface area contributed by atoms with Crippen LogP contribution < -0.4 is 26.2 Å². The maximum atomic E-state index is 13.6. The number of rotatable bonds is 12. The van der Waals surface area contributed by atoms with Crippen molar-refractivity contribution in [3.8, 4) is 5.75 Å². The number of carbonyl (C=O) groups is 3. The summed E-state index contributed by atoms with van der Waals surface area (Å²) in [5.74, 6) is 5.63. The van der Waals surface area contributed by atoms with Crippen LogP contribution in [-0.4, -0.2) is 44.4 Å². The molecule has 3 aromatic carbocycles. The lowest BCUT2D eigenvalue weighted by Gasteiger charge is -2.29. The van der Waals surface area contributed by atoms with Crippen LogP contribution in [0.25, 0.3) is 0 Å². The minimum Gasteiger partial charge on any atom is -0.497 e. The Bertz CT molecular complexity index is 1330. The van der Waals surface area contributed by atoms with Crippen LogP contribution in [0.15, 0.2) is 71.7 Å². The Kier molecular flexibility index (Phi) is 10.4. The van der Waals surface area contributed by atoms with Gasteiger partial charge in [-0.2, -0.15) is 0 Å². The number of amides is 2. The first kappa shape index (κ1) is 29.2. The van der Waals surface area contributed by atoms with Crippen LogP contribution in [0.1, 0.15) is 35.7 Å². The van der Waals surface area contributed by atoms with E-state index in [2.05, 4.69) is 22.3 Å². The number of carbonyl (C=O) groups excluding carboxylic acids is 3. The van der Waals surface area contributed by atoms with E-state index >= 15 is 0 Å². The van der Waals surface area contributed by atoms with Crippen LogP contribution in [0.5, 0.6) is 5.75 Å². The number of alkyl carbamates (subject to hydrolysis) is 1. The van der Waals surface area contributed by atoms with E-state index in [9.17, 15) is 14.4 Å². The van der Waals surface area contributed by atoms with Crippen molar-refractivity contribution in [2.24, 2.45) is 10.8 Å². The molecule has 2 amide bonds. The van der Waals surface area contributed by atoms with E-state index in [0.29, 0.717) is 34.1 Å². The first-order valence-electron chi connectivity index (χ1n) is 12.1. The van der Waals surface area contributed by atoms with Crippen molar-refractivity contribution < 1.29 is 23.9 Å². The topological polar surface area (TPSA) is 135 Å². The van der Waals surface area contributed by atoms with Gasteiger partial charge in [-0.25, -0.2) is 10.6 Å². The third-order valence-electron chi connectivity index (χ3n) is 5.68. The van der Waals surface area contributed by atoms with E-state index in [1.54, 1.807) is 54.6 Å². The number of halogens is 1. The fraction of sp³-hybridized carbons (Fsp3) is 0.214. The number of hydrogen-bond acceptors (Lipinski definition) is 8. The SMILES string of the molecule is C=Nc1ccccc1N(N)C(NC(=O)OCCCC)C(=O)Nc1ccc(OC)cc1C(=O)c1ccc(Cl)cc1. The third-order valence-corrected chi connectivity index (χ3v) is 5.93. The molecule has 0 spiro atoms. The van der Waals surface area contributed by atoms with Gasteiger partial charge in [0.2, 0.25) is 0 Å². The van der Waals surface area contributed by atoms with Gasteiger partial charge in [0.05, 0.1) is 30.8 Å². The molecule has 0 aliphatic rings. The minimum atomic E-state index is -1.44. The summed E-state index contributed by atoms with van der Waals surface area (Å²) in [7, 11) is 1.46. The summed E-state index contributed by atoms with van der Waals surface area (Å²) in [5.41, 5.74) is 1.40. The van der Waals surface area contributed by atoms with E-state index in [0.717, 1.165) is 11.4 Å². The minimum absolute atomic E-state index is 0.158. The number of nitrogens with one attached hydrogen (secondary N) is 2. The number of hydrazine groups is 1. The highest BCUT2D eigenvalue weighted by atomic mass is 35.5. The van der Waals surface area contributed by atoms with Gasteiger partial charge in [0, 0.05) is 16.1 Å². The molecule has 0 fully saturated rings. The molecule has 0 heterocycles. The molecule has 3 aromatic rings. The van der Waals surface area contributed by atoms with Gasteiger partial charge in [-0.3, -0.25) is 24.9 Å². The van der Waals surface area contributed by atoms with E-state index in [-0.39, 0.29) is 23.6 Å². The summed E-state index contributed by atoms with van der Waals surface area (Å²) in [5, 5.41) is 6.72.